The topological polar surface area (TPSA) is 49.4 Å². The Kier molecular flexibility index (Phi) is 4.77. The maximum Gasteiger partial charge on any atom is 0.242 e. The third-order valence-electron chi connectivity index (χ3n) is 3.91. The smallest absolute Gasteiger partial charge is 0.242 e. The third kappa shape index (κ3) is 2.84. The van der Waals surface area contributed by atoms with Crippen molar-refractivity contribution in [3.8, 4) is 0 Å². The van der Waals surface area contributed by atoms with Crippen LogP contribution in [0.15, 0.2) is 30.3 Å². The molecule has 1 N–H and O–H groups in total. The highest BCUT2D eigenvalue weighted by Gasteiger charge is 2.34. The number of nitrogens with zero attached hydrogens (tertiary/aromatic N) is 1. The summed E-state index contributed by atoms with van der Waals surface area (Å²) >= 11 is 0. The van der Waals surface area contributed by atoms with Crippen LogP contribution in [0.4, 0.5) is 0 Å². The molecule has 4 nitrogen and oxygen atoms in total. The Morgan fingerprint density at radius 3 is 2.65 bits per heavy atom. The Labute approximate surface area is 120 Å². The summed E-state index contributed by atoms with van der Waals surface area (Å²) in [5.74, 6) is -0.119. The van der Waals surface area contributed by atoms with Gasteiger partial charge < -0.3 is 10.2 Å². The Morgan fingerprint density at radius 1 is 1.35 bits per heavy atom. The van der Waals surface area contributed by atoms with Crippen molar-refractivity contribution < 1.29 is 9.59 Å². The van der Waals surface area contributed by atoms with Crippen LogP contribution in [0.3, 0.4) is 0 Å². The van der Waals surface area contributed by atoms with Crippen molar-refractivity contribution in [2.24, 2.45) is 0 Å². The molecule has 1 saturated heterocycles. The molecule has 20 heavy (non-hydrogen) atoms. The average Bonchev–Trinajstić information content (AvgIpc) is 2.48. The number of rotatable bonds is 4. The summed E-state index contributed by atoms with van der Waals surface area (Å²) in [5, 5.41) is 2.83. The first-order chi connectivity index (χ1) is 9.69. The van der Waals surface area contributed by atoms with Crippen molar-refractivity contribution in [1.82, 2.24) is 10.2 Å². The number of carbonyl (C=O) groups excluding carboxylic acids is 2. The lowest BCUT2D eigenvalue weighted by Gasteiger charge is -2.36. The van der Waals surface area contributed by atoms with E-state index in [0.717, 1.165) is 12.0 Å². The lowest BCUT2D eigenvalue weighted by Crippen LogP contribution is -2.57. The number of amides is 2. The van der Waals surface area contributed by atoms with E-state index in [0.29, 0.717) is 19.5 Å². The molecule has 1 aromatic rings. The highest BCUT2D eigenvalue weighted by Crippen LogP contribution is 2.24. The molecule has 0 bridgehead atoms. The van der Waals surface area contributed by atoms with Gasteiger partial charge in [-0.15, -0.1) is 0 Å². The lowest BCUT2D eigenvalue weighted by atomic mass is 9.93. The molecule has 1 heterocycles. The predicted molar refractivity (Wildman–Crippen MR) is 78.3 cm³/mol. The fraction of sp³-hybridized carbons (Fsp3) is 0.500. The van der Waals surface area contributed by atoms with Crippen LogP contribution in [0.25, 0.3) is 0 Å². The minimum Gasteiger partial charge on any atom is -0.353 e. The van der Waals surface area contributed by atoms with Crippen molar-refractivity contribution in [2.75, 3.05) is 13.1 Å². The molecule has 0 aliphatic carbocycles. The summed E-state index contributed by atoms with van der Waals surface area (Å²) in [6.45, 7) is 5.11. The Hall–Kier alpha value is -1.84. The molecule has 2 amide bonds. The van der Waals surface area contributed by atoms with Gasteiger partial charge >= 0.3 is 0 Å². The number of nitrogens with one attached hydrogen (secondary N) is 1. The van der Waals surface area contributed by atoms with E-state index in [4.69, 9.17) is 0 Å². The largest absolute Gasteiger partial charge is 0.353 e. The number of piperazine rings is 1. The van der Waals surface area contributed by atoms with Crippen molar-refractivity contribution in [3.05, 3.63) is 35.9 Å². The molecule has 1 aromatic carbocycles. The van der Waals surface area contributed by atoms with E-state index in [2.05, 4.69) is 5.32 Å². The van der Waals surface area contributed by atoms with E-state index in [1.54, 1.807) is 4.90 Å². The first-order valence-electron chi connectivity index (χ1n) is 7.32. The van der Waals surface area contributed by atoms with Gasteiger partial charge in [-0.05, 0) is 18.4 Å². The number of carbonyl (C=O) groups is 2. The minimum atomic E-state index is -0.325. The first-order valence-corrected chi connectivity index (χ1v) is 7.32. The summed E-state index contributed by atoms with van der Waals surface area (Å²) in [6.07, 6.45) is 1.40. The van der Waals surface area contributed by atoms with Gasteiger partial charge in [0.15, 0.2) is 0 Å². The van der Waals surface area contributed by atoms with Gasteiger partial charge in [0.1, 0.15) is 6.04 Å². The summed E-state index contributed by atoms with van der Waals surface area (Å²) < 4.78 is 0. The van der Waals surface area contributed by atoms with Crippen LogP contribution in [0.2, 0.25) is 0 Å². The Morgan fingerprint density at radius 2 is 2.05 bits per heavy atom. The minimum absolute atomic E-state index is 0.0324. The van der Waals surface area contributed by atoms with Gasteiger partial charge in [0.25, 0.3) is 0 Å². The molecule has 1 aliphatic rings. The van der Waals surface area contributed by atoms with Crippen LogP contribution in [-0.4, -0.2) is 35.8 Å². The van der Waals surface area contributed by atoms with Gasteiger partial charge in [0.2, 0.25) is 11.8 Å². The highest BCUT2D eigenvalue weighted by molar-refractivity contribution is 5.91. The maximum atomic E-state index is 12.8. The van der Waals surface area contributed by atoms with Crippen molar-refractivity contribution in [3.63, 3.8) is 0 Å². The van der Waals surface area contributed by atoms with E-state index in [1.807, 2.05) is 44.2 Å². The summed E-state index contributed by atoms with van der Waals surface area (Å²) in [5.41, 5.74) is 1.03. The molecular weight excluding hydrogens is 252 g/mol. The molecule has 2 rings (SSSR count). The number of hydrogen-bond donors (Lipinski definition) is 1. The molecule has 1 aliphatic heterocycles. The van der Waals surface area contributed by atoms with Crippen molar-refractivity contribution in [2.45, 2.75) is 38.6 Å². The zero-order chi connectivity index (χ0) is 14.5. The summed E-state index contributed by atoms with van der Waals surface area (Å²) in [7, 11) is 0. The quantitative estimate of drug-likeness (QED) is 0.912. The normalized spacial score (nSPS) is 20.4. The van der Waals surface area contributed by atoms with Crippen molar-refractivity contribution >= 4 is 11.8 Å². The zero-order valence-corrected chi connectivity index (χ0v) is 12.1. The van der Waals surface area contributed by atoms with E-state index >= 15 is 0 Å². The van der Waals surface area contributed by atoms with Gasteiger partial charge in [-0.25, -0.2) is 0 Å². The van der Waals surface area contributed by atoms with Crippen LogP contribution >= 0.6 is 0 Å². The van der Waals surface area contributed by atoms with Gasteiger partial charge in [0.05, 0.1) is 5.92 Å². The van der Waals surface area contributed by atoms with Crippen molar-refractivity contribution in [1.29, 1.82) is 0 Å². The number of hydrogen-bond acceptors (Lipinski definition) is 2. The van der Waals surface area contributed by atoms with Gasteiger partial charge in [-0.3, -0.25) is 9.59 Å². The van der Waals surface area contributed by atoms with E-state index in [9.17, 15) is 9.59 Å². The summed E-state index contributed by atoms with van der Waals surface area (Å²) in [4.78, 5) is 26.4. The summed E-state index contributed by atoms with van der Waals surface area (Å²) in [6, 6.07) is 9.49. The molecule has 0 spiro atoms. The van der Waals surface area contributed by atoms with E-state index in [-0.39, 0.29) is 23.8 Å². The maximum absolute atomic E-state index is 12.8. The molecular formula is C16H22N2O2. The standard InChI is InChI=1S/C16H22N2O2/c1-3-13(12-8-6-5-7-9-12)16(20)18-11-10-17-15(19)14(18)4-2/h5-9,13-14H,3-4,10-11H2,1-2H3,(H,17,19). The van der Waals surface area contributed by atoms with Crippen LogP contribution in [0.5, 0.6) is 0 Å². The molecule has 2 unspecified atom stereocenters. The second-order valence-corrected chi connectivity index (χ2v) is 5.12. The average molecular weight is 274 g/mol. The molecule has 0 aromatic heterocycles. The van der Waals surface area contributed by atoms with Crippen LogP contribution in [0.1, 0.15) is 38.2 Å². The first kappa shape index (κ1) is 14.6. The second kappa shape index (κ2) is 6.55. The van der Waals surface area contributed by atoms with Crippen LogP contribution in [0, 0.1) is 0 Å². The zero-order valence-electron chi connectivity index (χ0n) is 12.1. The van der Waals surface area contributed by atoms with Gasteiger partial charge in [-0.2, -0.15) is 0 Å². The molecule has 0 radical (unpaired) electrons. The van der Waals surface area contributed by atoms with Gasteiger partial charge in [0, 0.05) is 13.1 Å². The third-order valence-corrected chi connectivity index (χ3v) is 3.91. The molecule has 108 valence electrons. The molecule has 2 atom stereocenters. The lowest BCUT2D eigenvalue weighted by molar-refractivity contribution is -0.144. The molecule has 1 fully saturated rings. The van der Waals surface area contributed by atoms with E-state index in [1.165, 1.54) is 0 Å². The molecule has 4 heteroatoms. The van der Waals surface area contributed by atoms with Crippen LogP contribution in [-0.2, 0) is 9.59 Å². The Bertz CT molecular complexity index is 473. The SMILES string of the molecule is CCC(C(=O)N1CCNC(=O)C1CC)c1ccccc1. The predicted octanol–water partition coefficient (Wildman–Crippen LogP) is 1.92. The number of benzene rings is 1. The monoisotopic (exact) mass is 274 g/mol. The highest BCUT2D eigenvalue weighted by atomic mass is 16.2. The second-order valence-electron chi connectivity index (χ2n) is 5.12. The molecule has 0 saturated carbocycles. The van der Waals surface area contributed by atoms with E-state index < -0.39 is 0 Å². The Balaban J connectivity index is 2.21. The van der Waals surface area contributed by atoms with Gasteiger partial charge in [-0.1, -0.05) is 44.2 Å². The fourth-order valence-electron chi connectivity index (χ4n) is 2.82. The van der Waals surface area contributed by atoms with Crippen LogP contribution < -0.4 is 5.32 Å². The fourth-order valence-corrected chi connectivity index (χ4v) is 2.82.